The van der Waals surface area contributed by atoms with Crippen LogP contribution in [0.4, 0.5) is 0 Å². The van der Waals surface area contributed by atoms with E-state index in [0.29, 0.717) is 18.7 Å². The highest BCUT2D eigenvalue weighted by atomic mass is 79.9. The molecule has 4 nitrogen and oxygen atoms in total. The summed E-state index contributed by atoms with van der Waals surface area (Å²) in [7, 11) is 0. The molecule has 0 aliphatic rings. The Morgan fingerprint density at radius 1 is 1.20 bits per heavy atom. The van der Waals surface area contributed by atoms with Crippen molar-refractivity contribution in [1.82, 2.24) is 10.6 Å². The molecule has 0 aliphatic heterocycles. The number of rotatable bonds is 6. The average molecular weight is 362 g/mol. The number of hydrogen-bond donors (Lipinski definition) is 2. The molecule has 1 rings (SSSR count). The van der Waals surface area contributed by atoms with Crippen LogP contribution in [0.1, 0.15) is 24.2 Å². The van der Waals surface area contributed by atoms with Gasteiger partial charge in [0.2, 0.25) is 5.91 Å². The molecule has 0 saturated carbocycles. The Hall–Kier alpha value is -1.07. The number of nitrogens with one attached hydrogen (secondary N) is 2. The molecule has 0 saturated heterocycles. The standard InChI is InChI=1S/C14H18BrClN2O2/c1-14(2,9-16)13(20)18-8-7-17-12(19)10-5-3-4-6-11(10)15/h3-6H,7-9H2,1-2H3,(H,17,19)(H,18,20). The Balaban J connectivity index is 2.37. The summed E-state index contributed by atoms with van der Waals surface area (Å²) in [5.41, 5.74) is -0.0338. The van der Waals surface area contributed by atoms with Crippen molar-refractivity contribution in [2.24, 2.45) is 5.41 Å². The predicted molar refractivity (Wildman–Crippen MR) is 84.0 cm³/mol. The molecular formula is C14H18BrClN2O2. The maximum absolute atomic E-state index is 11.9. The highest BCUT2D eigenvalue weighted by molar-refractivity contribution is 9.10. The molecule has 0 fully saturated rings. The van der Waals surface area contributed by atoms with Crippen LogP contribution < -0.4 is 10.6 Å². The molecular weight excluding hydrogens is 344 g/mol. The van der Waals surface area contributed by atoms with Crippen LogP contribution >= 0.6 is 27.5 Å². The molecule has 110 valence electrons. The topological polar surface area (TPSA) is 58.2 Å². The Kier molecular flexibility index (Phi) is 6.49. The quantitative estimate of drug-likeness (QED) is 0.604. The summed E-state index contributed by atoms with van der Waals surface area (Å²) in [6.45, 7) is 4.28. The third kappa shape index (κ3) is 4.80. The SMILES string of the molecule is CC(C)(CCl)C(=O)NCCNC(=O)c1ccccc1Br. The molecule has 0 heterocycles. The zero-order valence-electron chi connectivity index (χ0n) is 11.5. The average Bonchev–Trinajstić information content (AvgIpc) is 2.43. The van der Waals surface area contributed by atoms with E-state index < -0.39 is 5.41 Å². The van der Waals surface area contributed by atoms with E-state index in [0.717, 1.165) is 4.47 Å². The molecule has 0 aromatic heterocycles. The van der Waals surface area contributed by atoms with Crippen molar-refractivity contribution in [3.05, 3.63) is 34.3 Å². The van der Waals surface area contributed by atoms with Gasteiger partial charge in [-0.05, 0) is 41.9 Å². The van der Waals surface area contributed by atoms with Crippen LogP contribution in [-0.4, -0.2) is 30.8 Å². The van der Waals surface area contributed by atoms with Crippen molar-refractivity contribution in [1.29, 1.82) is 0 Å². The summed E-state index contributed by atoms with van der Waals surface area (Å²) in [6.07, 6.45) is 0. The summed E-state index contributed by atoms with van der Waals surface area (Å²) in [5, 5.41) is 5.49. The fourth-order valence-electron chi connectivity index (χ4n) is 1.39. The van der Waals surface area contributed by atoms with E-state index in [1.165, 1.54) is 0 Å². The number of carbonyl (C=O) groups excluding carboxylic acids is 2. The van der Waals surface area contributed by atoms with Gasteiger partial charge in [-0.25, -0.2) is 0 Å². The monoisotopic (exact) mass is 360 g/mol. The van der Waals surface area contributed by atoms with Gasteiger partial charge in [0.25, 0.3) is 5.91 Å². The molecule has 1 aromatic rings. The van der Waals surface area contributed by atoms with E-state index in [-0.39, 0.29) is 17.7 Å². The van der Waals surface area contributed by atoms with E-state index in [4.69, 9.17) is 11.6 Å². The first kappa shape index (κ1) is 17.0. The minimum Gasteiger partial charge on any atom is -0.354 e. The van der Waals surface area contributed by atoms with E-state index in [1.807, 2.05) is 6.07 Å². The summed E-state index contributed by atoms with van der Waals surface area (Å²) >= 11 is 9.03. The number of hydrogen-bond acceptors (Lipinski definition) is 2. The van der Waals surface area contributed by atoms with Gasteiger partial charge >= 0.3 is 0 Å². The van der Waals surface area contributed by atoms with E-state index in [2.05, 4.69) is 26.6 Å². The lowest BCUT2D eigenvalue weighted by atomic mass is 9.95. The van der Waals surface area contributed by atoms with Gasteiger partial charge in [-0.2, -0.15) is 0 Å². The lowest BCUT2D eigenvalue weighted by Gasteiger charge is -2.20. The van der Waals surface area contributed by atoms with Crippen molar-refractivity contribution < 1.29 is 9.59 Å². The van der Waals surface area contributed by atoms with Gasteiger partial charge in [0, 0.05) is 23.4 Å². The minimum atomic E-state index is -0.603. The lowest BCUT2D eigenvalue weighted by molar-refractivity contribution is -0.128. The Bertz CT molecular complexity index is 492. The summed E-state index contributed by atoms with van der Waals surface area (Å²) < 4.78 is 0.741. The normalized spacial score (nSPS) is 11.0. The van der Waals surface area contributed by atoms with Crippen molar-refractivity contribution >= 4 is 39.3 Å². The Morgan fingerprint density at radius 2 is 1.80 bits per heavy atom. The molecule has 2 N–H and O–H groups in total. The molecule has 0 aliphatic carbocycles. The molecule has 0 radical (unpaired) electrons. The maximum atomic E-state index is 11.9. The molecule has 0 bridgehead atoms. The van der Waals surface area contributed by atoms with Gasteiger partial charge < -0.3 is 10.6 Å². The third-order valence-electron chi connectivity index (χ3n) is 2.76. The molecule has 6 heteroatoms. The van der Waals surface area contributed by atoms with E-state index in [9.17, 15) is 9.59 Å². The highest BCUT2D eigenvalue weighted by Gasteiger charge is 2.25. The van der Waals surface area contributed by atoms with Crippen LogP contribution in [0.5, 0.6) is 0 Å². The minimum absolute atomic E-state index is 0.123. The predicted octanol–water partition coefficient (Wildman–Crippen LogP) is 2.56. The van der Waals surface area contributed by atoms with Gasteiger partial charge in [0.15, 0.2) is 0 Å². The largest absolute Gasteiger partial charge is 0.354 e. The molecule has 1 aromatic carbocycles. The lowest BCUT2D eigenvalue weighted by Crippen LogP contribution is -2.42. The Labute approximate surface area is 132 Å². The molecule has 2 amide bonds. The van der Waals surface area contributed by atoms with Gasteiger partial charge in [-0.15, -0.1) is 11.6 Å². The van der Waals surface area contributed by atoms with Crippen LogP contribution in [-0.2, 0) is 4.79 Å². The van der Waals surface area contributed by atoms with Gasteiger partial charge in [0.1, 0.15) is 0 Å². The van der Waals surface area contributed by atoms with Crippen molar-refractivity contribution in [3.63, 3.8) is 0 Å². The number of carbonyl (C=O) groups is 2. The highest BCUT2D eigenvalue weighted by Crippen LogP contribution is 2.16. The smallest absolute Gasteiger partial charge is 0.252 e. The van der Waals surface area contributed by atoms with Crippen molar-refractivity contribution in [2.45, 2.75) is 13.8 Å². The van der Waals surface area contributed by atoms with Crippen LogP contribution in [0.25, 0.3) is 0 Å². The fraction of sp³-hybridized carbons (Fsp3) is 0.429. The number of amides is 2. The van der Waals surface area contributed by atoms with Gasteiger partial charge in [-0.3, -0.25) is 9.59 Å². The second kappa shape index (κ2) is 7.64. The van der Waals surface area contributed by atoms with E-state index >= 15 is 0 Å². The summed E-state index contributed by atoms with van der Waals surface area (Å²) in [4.78, 5) is 23.6. The first-order valence-corrected chi connectivity index (χ1v) is 7.58. The van der Waals surface area contributed by atoms with Gasteiger partial charge in [0.05, 0.1) is 11.0 Å². The zero-order valence-corrected chi connectivity index (χ0v) is 13.8. The molecule has 20 heavy (non-hydrogen) atoms. The third-order valence-corrected chi connectivity index (χ3v) is 4.12. The van der Waals surface area contributed by atoms with Crippen molar-refractivity contribution in [2.75, 3.05) is 19.0 Å². The molecule has 0 atom stereocenters. The van der Waals surface area contributed by atoms with Gasteiger partial charge in [-0.1, -0.05) is 12.1 Å². The van der Waals surface area contributed by atoms with Crippen LogP contribution in [0.2, 0.25) is 0 Å². The van der Waals surface area contributed by atoms with Crippen molar-refractivity contribution in [3.8, 4) is 0 Å². The number of benzene rings is 1. The first-order valence-electron chi connectivity index (χ1n) is 6.25. The summed E-state index contributed by atoms with van der Waals surface area (Å²) in [5.74, 6) is -0.0479. The van der Waals surface area contributed by atoms with E-state index in [1.54, 1.807) is 32.0 Å². The Morgan fingerprint density at radius 3 is 2.40 bits per heavy atom. The second-order valence-corrected chi connectivity index (χ2v) is 6.13. The fourth-order valence-corrected chi connectivity index (χ4v) is 1.98. The second-order valence-electron chi connectivity index (χ2n) is 5.01. The van der Waals surface area contributed by atoms with Crippen LogP contribution in [0.15, 0.2) is 28.7 Å². The summed E-state index contributed by atoms with van der Waals surface area (Å²) in [6, 6.07) is 7.17. The molecule has 0 spiro atoms. The first-order chi connectivity index (χ1) is 9.38. The van der Waals surface area contributed by atoms with Crippen LogP contribution in [0.3, 0.4) is 0 Å². The zero-order chi connectivity index (χ0) is 15.2. The number of halogens is 2. The van der Waals surface area contributed by atoms with Crippen LogP contribution in [0, 0.1) is 5.41 Å². The molecule has 0 unspecified atom stereocenters. The maximum Gasteiger partial charge on any atom is 0.252 e. The number of alkyl halides is 1.